The Balaban J connectivity index is 2.40. The summed E-state index contributed by atoms with van der Waals surface area (Å²) in [5.41, 5.74) is 0. The molecule has 1 rings (SSSR count). The molecule has 0 aliphatic carbocycles. The van der Waals surface area contributed by atoms with Gasteiger partial charge in [0.1, 0.15) is 6.29 Å². The van der Waals surface area contributed by atoms with Crippen LogP contribution in [-0.4, -0.2) is 17.9 Å². The van der Waals surface area contributed by atoms with Crippen molar-refractivity contribution < 1.29 is 9.53 Å². The van der Waals surface area contributed by atoms with E-state index in [1.54, 1.807) is 0 Å². The first kappa shape index (κ1) is 6.68. The van der Waals surface area contributed by atoms with Gasteiger partial charge in [-0.1, -0.05) is 0 Å². The van der Waals surface area contributed by atoms with Crippen molar-refractivity contribution in [1.82, 2.24) is 0 Å². The van der Waals surface area contributed by atoms with Crippen LogP contribution in [0.1, 0.15) is 12.8 Å². The lowest BCUT2D eigenvalue weighted by Gasteiger charge is -2.17. The Bertz CT molecular complexity index is 133. The second-order valence-corrected chi connectivity index (χ2v) is 2.56. The molecule has 0 radical (unpaired) electrons. The van der Waals surface area contributed by atoms with Gasteiger partial charge in [0.05, 0.1) is 6.61 Å². The summed E-state index contributed by atoms with van der Waals surface area (Å²) in [6.45, 7) is 0.613. The summed E-state index contributed by atoms with van der Waals surface area (Å²) in [6.07, 6.45) is 2.41. The minimum Gasteiger partial charge on any atom is -0.487 e. The number of hydrogen-bond acceptors (Lipinski definition) is 3. The molecule has 0 saturated carbocycles. The molecule has 3 heteroatoms. The van der Waals surface area contributed by atoms with Crippen molar-refractivity contribution >= 4 is 23.6 Å². The van der Waals surface area contributed by atoms with Gasteiger partial charge >= 0.3 is 0 Å². The van der Waals surface area contributed by atoms with Crippen molar-refractivity contribution in [1.29, 1.82) is 0 Å². The lowest BCUT2D eigenvalue weighted by molar-refractivity contribution is -0.111. The van der Waals surface area contributed by atoms with E-state index in [1.165, 1.54) is 0 Å². The maximum Gasteiger partial charge on any atom is 0.160 e. The quantitative estimate of drug-likeness (QED) is 0.404. The van der Waals surface area contributed by atoms with Gasteiger partial charge in [0.2, 0.25) is 0 Å². The molecule has 1 aliphatic rings. The third-order valence-corrected chi connectivity index (χ3v) is 1.66. The van der Waals surface area contributed by atoms with E-state index < -0.39 is 0 Å². The molecule has 1 unspecified atom stereocenters. The highest BCUT2D eigenvalue weighted by molar-refractivity contribution is 7.80. The van der Waals surface area contributed by atoms with Crippen molar-refractivity contribution in [2.75, 3.05) is 6.61 Å². The summed E-state index contributed by atoms with van der Waals surface area (Å²) in [7, 11) is 0. The van der Waals surface area contributed by atoms with Gasteiger partial charge in [0.25, 0.3) is 0 Å². The van der Waals surface area contributed by atoms with Crippen LogP contribution < -0.4 is 0 Å². The number of carbonyl (C=O) groups excluding carboxylic acids is 1. The molecule has 9 heavy (non-hydrogen) atoms. The maximum atomic E-state index is 10.2. The third-order valence-electron chi connectivity index (χ3n) is 1.37. The summed E-state index contributed by atoms with van der Waals surface area (Å²) < 4.78 is 4.98. The van der Waals surface area contributed by atoms with Gasteiger partial charge < -0.3 is 9.53 Å². The largest absolute Gasteiger partial charge is 0.487 e. The Kier molecular flexibility index (Phi) is 2.16. The minimum absolute atomic E-state index is 0.117. The summed E-state index contributed by atoms with van der Waals surface area (Å²) in [5.74, 6) is 0.117. The van der Waals surface area contributed by atoms with Crippen LogP contribution in [0.5, 0.6) is 0 Å². The SMILES string of the molecule is O=CC1CCOC(=S)C1. The first-order valence-corrected chi connectivity index (χ1v) is 3.34. The Morgan fingerprint density at radius 3 is 3.00 bits per heavy atom. The normalized spacial score (nSPS) is 27.1. The molecular weight excluding hydrogens is 136 g/mol. The monoisotopic (exact) mass is 144 g/mol. The van der Waals surface area contributed by atoms with Crippen LogP contribution in [-0.2, 0) is 9.53 Å². The van der Waals surface area contributed by atoms with Crippen LogP contribution in [0.25, 0.3) is 0 Å². The van der Waals surface area contributed by atoms with Crippen LogP contribution in [0.3, 0.4) is 0 Å². The number of aldehydes is 1. The van der Waals surface area contributed by atoms with E-state index in [1.807, 2.05) is 0 Å². The van der Waals surface area contributed by atoms with Crippen LogP contribution in [0.4, 0.5) is 0 Å². The first-order chi connectivity index (χ1) is 4.33. The molecule has 0 bridgehead atoms. The summed E-state index contributed by atoms with van der Waals surface area (Å²) in [5, 5.41) is 0.582. The number of thiocarbonyl (C=S) groups is 1. The fourth-order valence-corrected chi connectivity index (χ4v) is 1.11. The molecule has 0 aromatic rings. The Hall–Kier alpha value is -0.440. The molecule has 1 atom stereocenters. The number of carbonyl (C=O) groups is 1. The van der Waals surface area contributed by atoms with Crippen molar-refractivity contribution in [2.45, 2.75) is 12.8 Å². The van der Waals surface area contributed by atoms with Gasteiger partial charge in [-0.25, -0.2) is 0 Å². The molecule has 0 spiro atoms. The van der Waals surface area contributed by atoms with E-state index in [9.17, 15) is 4.79 Å². The zero-order chi connectivity index (χ0) is 6.69. The van der Waals surface area contributed by atoms with E-state index in [-0.39, 0.29) is 5.92 Å². The average Bonchev–Trinajstić information content (AvgIpc) is 1.88. The van der Waals surface area contributed by atoms with Gasteiger partial charge in [-0.15, -0.1) is 0 Å². The molecule has 50 valence electrons. The van der Waals surface area contributed by atoms with E-state index in [0.717, 1.165) is 12.7 Å². The standard InChI is InChI=1S/C6H8O2S/c7-4-5-1-2-8-6(9)3-5/h4-5H,1-3H2. The average molecular weight is 144 g/mol. The molecule has 1 heterocycles. The molecular formula is C6H8O2S. The van der Waals surface area contributed by atoms with Crippen LogP contribution in [0.2, 0.25) is 0 Å². The zero-order valence-electron chi connectivity index (χ0n) is 5.00. The fourth-order valence-electron chi connectivity index (χ4n) is 0.815. The molecule has 1 saturated heterocycles. The van der Waals surface area contributed by atoms with E-state index in [0.29, 0.717) is 18.1 Å². The van der Waals surface area contributed by atoms with Crippen molar-refractivity contribution in [2.24, 2.45) is 5.92 Å². The third kappa shape index (κ3) is 1.75. The molecule has 0 N–H and O–H groups in total. The van der Waals surface area contributed by atoms with E-state index in [4.69, 9.17) is 17.0 Å². The van der Waals surface area contributed by atoms with Gasteiger partial charge in [-0.3, -0.25) is 0 Å². The molecule has 0 aromatic carbocycles. The van der Waals surface area contributed by atoms with Gasteiger partial charge in [-0.2, -0.15) is 0 Å². The van der Waals surface area contributed by atoms with Crippen LogP contribution in [0.15, 0.2) is 0 Å². The molecule has 2 nitrogen and oxygen atoms in total. The zero-order valence-corrected chi connectivity index (χ0v) is 5.82. The fraction of sp³-hybridized carbons (Fsp3) is 0.667. The predicted octanol–water partition coefficient (Wildman–Crippen LogP) is 0.939. The highest BCUT2D eigenvalue weighted by atomic mass is 32.1. The Labute approximate surface area is 59.2 Å². The van der Waals surface area contributed by atoms with Crippen molar-refractivity contribution in [3.8, 4) is 0 Å². The lowest BCUT2D eigenvalue weighted by atomic mass is 10.0. The van der Waals surface area contributed by atoms with E-state index >= 15 is 0 Å². The van der Waals surface area contributed by atoms with E-state index in [2.05, 4.69) is 0 Å². The maximum absolute atomic E-state index is 10.2. The second kappa shape index (κ2) is 2.92. The van der Waals surface area contributed by atoms with Crippen LogP contribution in [0, 0.1) is 5.92 Å². The molecule has 1 aliphatic heterocycles. The molecule has 1 fully saturated rings. The highest BCUT2D eigenvalue weighted by Crippen LogP contribution is 2.13. The lowest BCUT2D eigenvalue weighted by Crippen LogP contribution is -2.20. The second-order valence-electron chi connectivity index (χ2n) is 2.11. The smallest absolute Gasteiger partial charge is 0.160 e. The summed E-state index contributed by atoms with van der Waals surface area (Å²) >= 11 is 4.77. The first-order valence-electron chi connectivity index (χ1n) is 2.94. The van der Waals surface area contributed by atoms with Gasteiger partial charge in [-0.05, 0) is 18.6 Å². The number of hydrogen-bond donors (Lipinski definition) is 0. The number of ether oxygens (including phenoxy) is 1. The Morgan fingerprint density at radius 2 is 2.56 bits per heavy atom. The van der Waals surface area contributed by atoms with Gasteiger partial charge in [0, 0.05) is 12.3 Å². The molecule has 0 aromatic heterocycles. The minimum atomic E-state index is 0.117. The predicted molar refractivity (Wildman–Crippen MR) is 37.3 cm³/mol. The Morgan fingerprint density at radius 1 is 1.78 bits per heavy atom. The highest BCUT2D eigenvalue weighted by Gasteiger charge is 2.16. The van der Waals surface area contributed by atoms with Crippen molar-refractivity contribution in [3.63, 3.8) is 0 Å². The summed E-state index contributed by atoms with van der Waals surface area (Å²) in [4.78, 5) is 10.2. The van der Waals surface area contributed by atoms with Crippen LogP contribution >= 0.6 is 12.2 Å². The summed E-state index contributed by atoms with van der Waals surface area (Å²) in [6, 6.07) is 0. The van der Waals surface area contributed by atoms with Crippen molar-refractivity contribution in [3.05, 3.63) is 0 Å². The topological polar surface area (TPSA) is 26.3 Å². The number of rotatable bonds is 1. The molecule has 0 amide bonds. The van der Waals surface area contributed by atoms with Gasteiger partial charge in [0.15, 0.2) is 5.05 Å².